The molecule has 2 aromatic carbocycles. The van der Waals surface area contributed by atoms with Crippen LogP contribution >= 0.6 is 0 Å². The molecular formula is C18H12N4O2. The molecule has 3 aromatic rings. The van der Waals surface area contributed by atoms with E-state index in [0.29, 0.717) is 0 Å². The SMILES string of the molecule is O=C(O)c1nc(N=Cc2ccc(C#Cc3ccccc3)cc2)n[nH]1. The van der Waals surface area contributed by atoms with E-state index in [1.165, 1.54) is 0 Å². The first-order valence-electron chi connectivity index (χ1n) is 7.07. The molecule has 0 bridgehead atoms. The van der Waals surface area contributed by atoms with E-state index in [4.69, 9.17) is 5.11 Å². The Morgan fingerprint density at radius 3 is 2.33 bits per heavy atom. The topological polar surface area (TPSA) is 91.2 Å². The number of H-pyrrole nitrogens is 1. The first-order valence-corrected chi connectivity index (χ1v) is 7.07. The van der Waals surface area contributed by atoms with Crippen LogP contribution in [0.25, 0.3) is 0 Å². The van der Waals surface area contributed by atoms with E-state index in [9.17, 15) is 4.79 Å². The van der Waals surface area contributed by atoms with Crippen molar-refractivity contribution in [2.75, 3.05) is 0 Å². The molecule has 0 aliphatic carbocycles. The van der Waals surface area contributed by atoms with Gasteiger partial charge >= 0.3 is 5.97 Å². The zero-order valence-corrected chi connectivity index (χ0v) is 12.5. The van der Waals surface area contributed by atoms with E-state index in [1.807, 2.05) is 54.6 Å². The van der Waals surface area contributed by atoms with Crippen LogP contribution in [0.2, 0.25) is 0 Å². The smallest absolute Gasteiger partial charge is 0.373 e. The van der Waals surface area contributed by atoms with Crippen LogP contribution in [0.3, 0.4) is 0 Å². The number of benzene rings is 2. The summed E-state index contributed by atoms with van der Waals surface area (Å²) in [6.45, 7) is 0. The standard InChI is InChI=1S/C18H12N4O2/c23-17(24)16-20-18(22-21-16)19-12-15-10-8-14(9-11-15)7-6-13-4-2-1-3-5-13/h1-5,8-12H,(H,23,24)(H,20,21,22). The number of rotatable bonds is 3. The first kappa shape index (κ1) is 15.2. The number of aromatic carboxylic acids is 1. The molecule has 116 valence electrons. The second-order valence-electron chi connectivity index (χ2n) is 4.79. The number of carboxylic acid groups (broad SMARTS) is 1. The second-order valence-corrected chi connectivity index (χ2v) is 4.79. The van der Waals surface area contributed by atoms with Crippen molar-refractivity contribution in [2.24, 2.45) is 4.99 Å². The third-order valence-corrected chi connectivity index (χ3v) is 3.04. The van der Waals surface area contributed by atoms with Crippen molar-refractivity contribution < 1.29 is 9.90 Å². The van der Waals surface area contributed by atoms with E-state index >= 15 is 0 Å². The molecular weight excluding hydrogens is 304 g/mol. The van der Waals surface area contributed by atoms with Gasteiger partial charge in [-0.25, -0.2) is 9.79 Å². The Bertz CT molecular complexity index is 932. The summed E-state index contributed by atoms with van der Waals surface area (Å²) < 4.78 is 0. The van der Waals surface area contributed by atoms with Crippen LogP contribution < -0.4 is 0 Å². The number of hydrogen-bond acceptors (Lipinski definition) is 4. The number of nitrogens with one attached hydrogen (secondary N) is 1. The van der Waals surface area contributed by atoms with E-state index in [0.717, 1.165) is 16.7 Å². The van der Waals surface area contributed by atoms with Crippen LogP contribution in [-0.4, -0.2) is 32.5 Å². The van der Waals surface area contributed by atoms with Crippen LogP contribution in [0.5, 0.6) is 0 Å². The van der Waals surface area contributed by atoms with Gasteiger partial charge in [0.1, 0.15) is 0 Å². The van der Waals surface area contributed by atoms with Crippen LogP contribution in [0.15, 0.2) is 59.6 Å². The maximum Gasteiger partial charge on any atom is 0.373 e. The van der Waals surface area contributed by atoms with Crippen molar-refractivity contribution >= 4 is 18.1 Å². The summed E-state index contributed by atoms with van der Waals surface area (Å²) in [5.41, 5.74) is 2.69. The lowest BCUT2D eigenvalue weighted by molar-refractivity contribution is 0.0684. The van der Waals surface area contributed by atoms with Gasteiger partial charge in [-0.1, -0.05) is 42.2 Å². The fraction of sp³-hybridized carbons (Fsp3) is 0. The summed E-state index contributed by atoms with van der Waals surface area (Å²) >= 11 is 0. The van der Waals surface area contributed by atoms with E-state index in [-0.39, 0.29) is 11.8 Å². The van der Waals surface area contributed by atoms with Crippen molar-refractivity contribution in [3.05, 3.63) is 77.1 Å². The van der Waals surface area contributed by atoms with E-state index in [2.05, 4.69) is 32.0 Å². The van der Waals surface area contributed by atoms with Gasteiger partial charge in [0.25, 0.3) is 5.95 Å². The van der Waals surface area contributed by atoms with Crippen molar-refractivity contribution in [1.29, 1.82) is 0 Å². The second kappa shape index (κ2) is 7.03. The molecule has 6 heteroatoms. The predicted octanol–water partition coefficient (Wildman–Crippen LogP) is 2.65. The number of nitrogens with zero attached hydrogens (tertiary/aromatic N) is 3. The zero-order valence-electron chi connectivity index (χ0n) is 12.5. The molecule has 0 aliphatic rings. The number of aromatic amines is 1. The van der Waals surface area contributed by atoms with Gasteiger partial charge in [-0.2, -0.15) is 4.98 Å². The Kier molecular flexibility index (Phi) is 4.45. The molecule has 0 fully saturated rings. The summed E-state index contributed by atoms with van der Waals surface area (Å²) in [4.78, 5) is 18.4. The van der Waals surface area contributed by atoms with Gasteiger partial charge in [0, 0.05) is 17.3 Å². The van der Waals surface area contributed by atoms with Crippen molar-refractivity contribution in [3.8, 4) is 11.8 Å². The zero-order chi connectivity index (χ0) is 16.8. The van der Waals surface area contributed by atoms with Crippen LogP contribution in [0, 0.1) is 11.8 Å². The van der Waals surface area contributed by atoms with Crippen LogP contribution in [0.1, 0.15) is 27.3 Å². The Hall–Kier alpha value is -3.72. The van der Waals surface area contributed by atoms with Crippen molar-refractivity contribution in [3.63, 3.8) is 0 Å². The summed E-state index contributed by atoms with van der Waals surface area (Å²) in [6.07, 6.45) is 1.56. The van der Waals surface area contributed by atoms with Crippen molar-refractivity contribution in [1.82, 2.24) is 15.2 Å². The number of hydrogen-bond donors (Lipinski definition) is 2. The number of carbonyl (C=O) groups is 1. The van der Waals surface area contributed by atoms with Gasteiger partial charge < -0.3 is 5.11 Å². The number of aliphatic imine (C=N–C) groups is 1. The molecule has 3 rings (SSSR count). The molecule has 0 atom stereocenters. The minimum absolute atomic E-state index is 0.0698. The highest BCUT2D eigenvalue weighted by Gasteiger charge is 2.07. The average molecular weight is 316 g/mol. The Labute approximate surface area is 137 Å². The third kappa shape index (κ3) is 3.93. The van der Waals surface area contributed by atoms with Gasteiger partial charge in [0.2, 0.25) is 5.82 Å². The number of aromatic nitrogens is 3. The Morgan fingerprint density at radius 1 is 1.04 bits per heavy atom. The molecule has 0 unspecified atom stereocenters. The molecule has 6 nitrogen and oxygen atoms in total. The lowest BCUT2D eigenvalue weighted by atomic mass is 10.1. The minimum Gasteiger partial charge on any atom is -0.475 e. The normalized spacial score (nSPS) is 10.3. The summed E-state index contributed by atoms with van der Waals surface area (Å²) in [5, 5.41) is 14.7. The average Bonchev–Trinajstić information content (AvgIpc) is 3.09. The van der Waals surface area contributed by atoms with Gasteiger partial charge in [0.05, 0.1) is 0 Å². The van der Waals surface area contributed by atoms with E-state index < -0.39 is 5.97 Å². The Balaban J connectivity index is 1.69. The minimum atomic E-state index is -1.18. The largest absolute Gasteiger partial charge is 0.475 e. The fourth-order valence-corrected chi connectivity index (χ4v) is 1.86. The Morgan fingerprint density at radius 2 is 1.71 bits per heavy atom. The van der Waals surface area contributed by atoms with Gasteiger partial charge in [-0.3, -0.25) is 5.10 Å². The monoisotopic (exact) mass is 316 g/mol. The van der Waals surface area contributed by atoms with Crippen LogP contribution in [-0.2, 0) is 0 Å². The molecule has 0 radical (unpaired) electrons. The number of carboxylic acids is 1. The molecule has 2 N–H and O–H groups in total. The predicted molar refractivity (Wildman–Crippen MR) is 89.5 cm³/mol. The molecule has 1 aromatic heterocycles. The lowest BCUT2D eigenvalue weighted by Gasteiger charge is -1.93. The van der Waals surface area contributed by atoms with Gasteiger partial charge in [0.15, 0.2) is 0 Å². The molecule has 24 heavy (non-hydrogen) atoms. The van der Waals surface area contributed by atoms with Gasteiger partial charge in [-0.05, 0) is 29.8 Å². The summed E-state index contributed by atoms with van der Waals surface area (Å²) in [5.74, 6) is 4.83. The summed E-state index contributed by atoms with van der Waals surface area (Å²) in [7, 11) is 0. The van der Waals surface area contributed by atoms with Crippen LogP contribution in [0.4, 0.5) is 5.95 Å². The molecule has 0 saturated carbocycles. The molecule has 0 amide bonds. The molecule has 1 heterocycles. The maximum absolute atomic E-state index is 10.7. The third-order valence-electron chi connectivity index (χ3n) is 3.04. The van der Waals surface area contributed by atoms with Crippen molar-refractivity contribution in [2.45, 2.75) is 0 Å². The highest BCUT2D eigenvalue weighted by atomic mass is 16.4. The van der Waals surface area contributed by atoms with Gasteiger partial charge in [-0.15, -0.1) is 5.10 Å². The molecule has 0 aliphatic heterocycles. The lowest BCUT2D eigenvalue weighted by Crippen LogP contribution is -1.98. The fourth-order valence-electron chi connectivity index (χ4n) is 1.86. The quantitative estimate of drug-likeness (QED) is 0.574. The highest BCUT2D eigenvalue weighted by molar-refractivity contribution is 5.84. The molecule has 0 spiro atoms. The summed E-state index contributed by atoms with van der Waals surface area (Å²) in [6, 6.07) is 17.3. The first-order chi connectivity index (χ1) is 11.7. The highest BCUT2D eigenvalue weighted by Crippen LogP contribution is 2.06. The maximum atomic E-state index is 10.7. The van der Waals surface area contributed by atoms with E-state index in [1.54, 1.807) is 6.21 Å². The molecule has 0 saturated heterocycles.